The summed E-state index contributed by atoms with van der Waals surface area (Å²) in [4.78, 5) is 6.89. The lowest BCUT2D eigenvalue weighted by atomic mass is 9.99. The van der Waals surface area contributed by atoms with Gasteiger partial charge in [-0.05, 0) is 56.9 Å². The second-order valence-electron chi connectivity index (χ2n) is 7.22. The number of benzene rings is 1. The summed E-state index contributed by atoms with van der Waals surface area (Å²) >= 11 is 0. The molecule has 0 unspecified atom stereocenters. The van der Waals surface area contributed by atoms with Crippen molar-refractivity contribution in [3.05, 3.63) is 24.3 Å². The average molecular weight is 377 g/mol. The highest BCUT2D eigenvalue weighted by molar-refractivity contribution is 5.93. The van der Waals surface area contributed by atoms with Crippen molar-refractivity contribution in [2.75, 3.05) is 58.9 Å². The van der Waals surface area contributed by atoms with E-state index in [1.807, 2.05) is 24.3 Å². The highest BCUT2D eigenvalue weighted by Gasteiger charge is 2.14. The number of methoxy groups -OCH3 is 1. The molecule has 1 fully saturated rings. The Bertz CT molecular complexity index is 557. The highest BCUT2D eigenvalue weighted by atomic mass is 16.5. The van der Waals surface area contributed by atoms with E-state index < -0.39 is 0 Å². The van der Waals surface area contributed by atoms with Gasteiger partial charge in [-0.2, -0.15) is 0 Å². The van der Waals surface area contributed by atoms with Crippen molar-refractivity contribution >= 4 is 11.6 Å². The molecule has 1 aliphatic rings. The number of hydrogen-bond donors (Lipinski definition) is 2. The summed E-state index contributed by atoms with van der Waals surface area (Å²) in [5.41, 5.74) is 0.970. The van der Waals surface area contributed by atoms with Gasteiger partial charge in [-0.25, -0.2) is 0 Å². The SMILES string of the molecule is CN=C(NCCCN1CCC(C)CC1)Nc1cccc(OCCCOC)c1. The summed E-state index contributed by atoms with van der Waals surface area (Å²) in [5.74, 6) is 2.53. The first-order valence-electron chi connectivity index (χ1n) is 10.1. The van der Waals surface area contributed by atoms with Crippen LogP contribution >= 0.6 is 0 Å². The lowest BCUT2D eigenvalue weighted by Crippen LogP contribution is -2.36. The standard InChI is InChI=1S/C21H36N4O2/c1-18-9-13-25(14-10-18)12-5-11-23-21(22-2)24-19-7-4-8-20(17-19)27-16-6-15-26-3/h4,7-8,17-18H,5-6,9-16H2,1-3H3,(H2,22,23,24). The third-order valence-corrected chi connectivity index (χ3v) is 4.90. The molecule has 0 saturated carbocycles. The summed E-state index contributed by atoms with van der Waals surface area (Å²) in [6.45, 7) is 8.27. The van der Waals surface area contributed by atoms with Crippen LogP contribution in [0.1, 0.15) is 32.6 Å². The molecular weight excluding hydrogens is 340 g/mol. The van der Waals surface area contributed by atoms with Crippen LogP contribution < -0.4 is 15.4 Å². The number of nitrogens with zero attached hydrogens (tertiary/aromatic N) is 2. The van der Waals surface area contributed by atoms with Crippen LogP contribution in [-0.4, -0.2) is 64.4 Å². The highest BCUT2D eigenvalue weighted by Crippen LogP contribution is 2.18. The van der Waals surface area contributed by atoms with Gasteiger partial charge in [0.1, 0.15) is 5.75 Å². The number of ether oxygens (including phenoxy) is 2. The van der Waals surface area contributed by atoms with E-state index in [0.29, 0.717) is 13.2 Å². The normalized spacial score (nSPS) is 16.3. The molecule has 1 aromatic rings. The Morgan fingerprint density at radius 2 is 2.04 bits per heavy atom. The van der Waals surface area contributed by atoms with Crippen molar-refractivity contribution in [2.45, 2.75) is 32.6 Å². The molecule has 0 radical (unpaired) electrons. The van der Waals surface area contributed by atoms with Crippen LogP contribution in [0.15, 0.2) is 29.3 Å². The molecule has 0 aliphatic carbocycles. The van der Waals surface area contributed by atoms with Gasteiger partial charge in [-0.15, -0.1) is 0 Å². The molecule has 6 nitrogen and oxygen atoms in total. The number of aliphatic imine (C=N–C) groups is 1. The van der Waals surface area contributed by atoms with Crippen molar-refractivity contribution in [1.82, 2.24) is 10.2 Å². The lowest BCUT2D eigenvalue weighted by molar-refractivity contribution is 0.172. The van der Waals surface area contributed by atoms with E-state index in [2.05, 4.69) is 27.4 Å². The first-order chi connectivity index (χ1) is 13.2. The smallest absolute Gasteiger partial charge is 0.195 e. The van der Waals surface area contributed by atoms with E-state index in [0.717, 1.165) is 49.2 Å². The Labute approximate surface area is 164 Å². The minimum absolute atomic E-state index is 0.652. The van der Waals surface area contributed by atoms with E-state index in [4.69, 9.17) is 9.47 Å². The second kappa shape index (κ2) is 12.6. The Kier molecular flexibility index (Phi) is 10.0. The maximum absolute atomic E-state index is 5.75. The van der Waals surface area contributed by atoms with Crippen molar-refractivity contribution in [2.24, 2.45) is 10.9 Å². The zero-order valence-electron chi connectivity index (χ0n) is 17.2. The van der Waals surface area contributed by atoms with Gasteiger partial charge in [0.05, 0.1) is 6.61 Å². The monoisotopic (exact) mass is 376 g/mol. The Balaban J connectivity index is 1.68. The fourth-order valence-corrected chi connectivity index (χ4v) is 3.17. The topological polar surface area (TPSA) is 58.1 Å². The third kappa shape index (κ3) is 8.63. The first-order valence-corrected chi connectivity index (χ1v) is 10.1. The van der Waals surface area contributed by atoms with Crippen molar-refractivity contribution < 1.29 is 9.47 Å². The largest absolute Gasteiger partial charge is 0.493 e. The van der Waals surface area contributed by atoms with Crippen LogP contribution in [0.2, 0.25) is 0 Å². The molecule has 6 heteroatoms. The molecule has 27 heavy (non-hydrogen) atoms. The number of hydrogen-bond acceptors (Lipinski definition) is 4. The molecule has 2 N–H and O–H groups in total. The fraction of sp³-hybridized carbons (Fsp3) is 0.667. The number of nitrogens with one attached hydrogen (secondary N) is 2. The van der Waals surface area contributed by atoms with Gasteiger partial charge >= 0.3 is 0 Å². The average Bonchev–Trinajstić information content (AvgIpc) is 2.69. The summed E-state index contributed by atoms with van der Waals surface area (Å²) < 4.78 is 10.8. The van der Waals surface area contributed by atoms with Gasteiger partial charge in [-0.3, -0.25) is 4.99 Å². The van der Waals surface area contributed by atoms with Gasteiger partial charge in [0, 0.05) is 45.5 Å². The molecular formula is C21H36N4O2. The van der Waals surface area contributed by atoms with E-state index in [-0.39, 0.29) is 0 Å². The third-order valence-electron chi connectivity index (χ3n) is 4.90. The van der Waals surface area contributed by atoms with E-state index in [1.54, 1.807) is 14.2 Å². The summed E-state index contributed by atoms with van der Waals surface area (Å²) in [6, 6.07) is 7.96. The maximum atomic E-state index is 5.75. The molecule has 1 saturated heterocycles. The minimum atomic E-state index is 0.652. The zero-order valence-corrected chi connectivity index (χ0v) is 17.2. The van der Waals surface area contributed by atoms with Crippen LogP contribution in [0.3, 0.4) is 0 Å². The molecule has 0 bridgehead atoms. The minimum Gasteiger partial charge on any atom is -0.493 e. The molecule has 1 heterocycles. The number of anilines is 1. The molecule has 0 spiro atoms. The predicted molar refractivity (Wildman–Crippen MR) is 113 cm³/mol. The second-order valence-corrected chi connectivity index (χ2v) is 7.22. The quantitative estimate of drug-likeness (QED) is 0.373. The number of likely N-dealkylation sites (tertiary alicyclic amines) is 1. The maximum Gasteiger partial charge on any atom is 0.195 e. The summed E-state index contributed by atoms with van der Waals surface area (Å²) in [5, 5.41) is 6.74. The van der Waals surface area contributed by atoms with Crippen molar-refractivity contribution in [3.8, 4) is 5.75 Å². The summed E-state index contributed by atoms with van der Waals surface area (Å²) in [6.07, 6.45) is 4.67. The fourth-order valence-electron chi connectivity index (χ4n) is 3.17. The van der Waals surface area contributed by atoms with E-state index >= 15 is 0 Å². The molecule has 0 aromatic heterocycles. The van der Waals surface area contributed by atoms with Crippen LogP contribution in [0.25, 0.3) is 0 Å². The Morgan fingerprint density at radius 3 is 2.78 bits per heavy atom. The van der Waals surface area contributed by atoms with Crippen molar-refractivity contribution in [1.29, 1.82) is 0 Å². The molecule has 0 amide bonds. The van der Waals surface area contributed by atoms with Gasteiger partial charge in [-0.1, -0.05) is 13.0 Å². The Hall–Kier alpha value is -1.79. The van der Waals surface area contributed by atoms with Crippen LogP contribution in [-0.2, 0) is 4.74 Å². The summed E-state index contributed by atoms with van der Waals surface area (Å²) in [7, 11) is 3.50. The van der Waals surface area contributed by atoms with E-state index in [1.165, 1.54) is 25.9 Å². The molecule has 1 aromatic carbocycles. The predicted octanol–water partition coefficient (Wildman–Crippen LogP) is 3.21. The number of piperidine rings is 1. The van der Waals surface area contributed by atoms with Crippen LogP contribution in [0, 0.1) is 5.92 Å². The van der Waals surface area contributed by atoms with Gasteiger partial charge in [0.15, 0.2) is 5.96 Å². The van der Waals surface area contributed by atoms with Gasteiger partial charge < -0.3 is 25.0 Å². The van der Waals surface area contributed by atoms with Gasteiger partial charge in [0.2, 0.25) is 0 Å². The number of guanidine groups is 1. The zero-order chi connectivity index (χ0) is 19.3. The van der Waals surface area contributed by atoms with Crippen LogP contribution in [0.4, 0.5) is 5.69 Å². The molecule has 0 atom stereocenters. The Morgan fingerprint density at radius 1 is 1.22 bits per heavy atom. The molecule has 152 valence electrons. The lowest BCUT2D eigenvalue weighted by Gasteiger charge is -2.30. The van der Waals surface area contributed by atoms with Gasteiger partial charge in [0.25, 0.3) is 0 Å². The first kappa shape index (κ1) is 21.5. The number of rotatable bonds is 10. The van der Waals surface area contributed by atoms with Crippen LogP contribution in [0.5, 0.6) is 5.75 Å². The molecule has 1 aliphatic heterocycles. The van der Waals surface area contributed by atoms with Crippen molar-refractivity contribution in [3.63, 3.8) is 0 Å². The van der Waals surface area contributed by atoms with E-state index in [9.17, 15) is 0 Å². The molecule has 2 rings (SSSR count).